The summed E-state index contributed by atoms with van der Waals surface area (Å²) < 4.78 is 5.14. The predicted octanol–water partition coefficient (Wildman–Crippen LogP) is 2.69. The molecule has 1 aliphatic heterocycles. The number of amides is 2. The summed E-state index contributed by atoms with van der Waals surface area (Å²) in [6.07, 6.45) is 0.382. The Morgan fingerprint density at radius 1 is 1.32 bits per heavy atom. The zero-order chi connectivity index (χ0) is 19.7. The molecule has 0 aliphatic carbocycles. The molecule has 2 amide bonds. The molecule has 8 heteroatoms. The number of ether oxygens (including phenoxy) is 1. The molecule has 2 N–H and O–H groups in total. The third-order valence-electron chi connectivity index (χ3n) is 4.70. The van der Waals surface area contributed by atoms with E-state index >= 15 is 0 Å². The van der Waals surface area contributed by atoms with Crippen molar-refractivity contribution in [1.29, 1.82) is 0 Å². The lowest BCUT2D eigenvalue weighted by atomic mass is 10.2. The molecule has 4 rings (SSSR count). The van der Waals surface area contributed by atoms with Crippen LogP contribution in [0, 0.1) is 0 Å². The van der Waals surface area contributed by atoms with Gasteiger partial charge in [-0.2, -0.15) is 0 Å². The lowest BCUT2D eigenvalue weighted by Gasteiger charge is -2.17. The van der Waals surface area contributed by atoms with Crippen molar-refractivity contribution in [2.45, 2.75) is 18.9 Å². The van der Waals surface area contributed by atoms with Crippen LogP contribution in [-0.4, -0.2) is 41.5 Å². The van der Waals surface area contributed by atoms with E-state index in [-0.39, 0.29) is 30.7 Å². The van der Waals surface area contributed by atoms with E-state index in [1.807, 2.05) is 24.3 Å². The number of aromatic nitrogens is 2. The monoisotopic (exact) mass is 398 g/mol. The molecule has 144 valence electrons. The molecule has 1 saturated heterocycles. The SMILES string of the molecule is COc1ccc(N2CC(NC(=O)Cc3nc4ccc(Cl)cc4[nH]3)CC2=O)cc1. The van der Waals surface area contributed by atoms with Crippen molar-refractivity contribution in [1.82, 2.24) is 15.3 Å². The van der Waals surface area contributed by atoms with Gasteiger partial charge in [0, 0.05) is 23.7 Å². The fourth-order valence-corrected chi connectivity index (χ4v) is 3.54. The lowest BCUT2D eigenvalue weighted by molar-refractivity contribution is -0.121. The van der Waals surface area contributed by atoms with Crippen molar-refractivity contribution in [3.05, 3.63) is 53.3 Å². The number of nitrogens with one attached hydrogen (secondary N) is 2. The third-order valence-corrected chi connectivity index (χ3v) is 4.93. The van der Waals surface area contributed by atoms with Crippen LogP contribution in [0.3, 0.4) is 0 Å². The van der Waals surface area contributed by atoms with Crippen LogP contribution in [0.5, 0.6) is 5.75 Å². The van der Waals surface area contributed by atoms with Crippen LogP contribution in [0.25, 0.3) is 11.0 Å². The summed E-state index contributed by atoms with van der Waals surface area (Å²) in [5, 5.41) is 3.53. The Balaban J connectivity index is 1.38. The van der Waals surface area contributed by atoms with Gasteiger partial charge in [0.2, 0.25) is 11.8 Å². The van der Waals surface area contributed by atoms with Crippen molar-refractivity contribution in [2.24, 2.45) is 0 Å². The van der Waals surface area contributed by atoms with Crippen molar-refractivity contribution < 1.29 is 14.3 Å². The van der Waals surface area contributed by atoms with Crippen LogP contribution >= 0.6 is 11.6 Å². The molecule has 2 heterocycles. The van der Waals surface area contributed by atoms with E-state index in [0.717, 1.165) is 22.5 Å². The van der Waals surface area contributed by atoms with Gasteiger partial charge in [0.05, 0.1) is 30.6 Å². The number of nitrogens with zero attached hydrogens (tertiary/aromatic N) is 2. The van der Waals surface area contributed by atoms with Crippen molar-refractivity contribution >= 4 is 40.1 Å². The highest BCUT2D eigenvalue weighted by Crippen LogP contribution is 2.24. The van der Waals surface area contributed by atoms with Crippen LogP contribution in [0.2, 0.25) is 5.02 Å². The maximum Gasteiger partial charge on any atom is 0.229 e. The Kier molecular flexibility index (Phi) is 4.92. The second-order valence-corrected chi connectivity index (χ2v) is 7.13. The van der Waals surface area contributed by atoms with Crippen LogP contribution in [0.1, 0.15) is 12.2 Å². The fourth-order valence-electron chi connectivity index (χ4n) is 3.37. The standard InChI is InChI=1S/C20H19ClN4O3/c1-28-15-5-3-14(4-6-15)25-11-13(9-20(25)27)22-19(26)10-18-23-16-7-2-12(21)8-17(16)24-18/h2-8,13H,9-11H2,1H3,(H,22,26)(H,23,24). The molecule has 1 aromatic heterocycles. The number of imidazole rings is 1. The first-order valence-electron chi connectivity index (χ1n) is 8.90. The minimum Gasteiger partial charge on any atom is -0.497 e. The van der Waals surface area contributed by atoms with Gasteiger partial charge in [-0.05, 0) is 42.5 Å². The number of anilines is 1. The minimum absolute atomic E-state index is 0.0196. The summed E-state index contributed by atoms with van der Waals surface area (Å²) >= 11 is 5.97. The number of benzene rings is 2. The summed E-state index contributed by atoms with van der Waals surface area (Å²) in [5.41, 5.74) is 2.34. The number of fused-ring (bicyclic) bond motifs is 1. The van der Waals surface area contributed by atoms with Crippen LogP contribution in [0.4, 0.5) is 5.69 Å². The van der Waals surface area contributed by atoms with E-state index in [2.05, 4.69) is 15.3 Å². The molecule has 0 radical (unpaired) electrons. The highest BCUT2D eigenvalue weighted by atomic mass is 35.5. The summed E-state index contributed by atoms with van der Waals surface area (Å²) in [4.78, 5) is 33.9. The van der Waals surface area contributed by atoms with Crippen molar-refractivity contribution in [3.8, 4) is 5.75 Å². The molecule has 0 saturated carbocycles. The van der Waals surface area contributed by atoms with Gasteiger partial charge in [-0.15, -0.1) is 0 Å². The molecular weight excluding hydrogens is 380 g/mol. The van der Waals surface area contributed by atoms with Gasteiger partial charge in [-0.1, -0.05) is 11.6 Å². The van der Waals surface area contributed by atoms with E-state index in [9.17, 15) is 9.59 Å². The Labute approximate surface area is 166 Å². The highest BCUT2D eigenvalue weighted by Gasteiger charge is 2.31. The molecular formula is C20H19ClN4O3. The minimum atomic E-state index is -0.235. The number of carbonyl (C=O) groups excluding carboxylic acids is 2. The van der Waals surface area contributed by atoms with Gasteiger partial charge in [-0.25, -0.2) is 4.98 Å². The molecule has 3 aromatic rings. The molecule has 1 atom stereocenters. The predicted molar refractivity (Wildman–Crippen MR) is 107 cm³/mol. The maximum absolute atomic E-state index is 12.4. The first-order valence-corrected chi connectivity index (χ1v) is 9.27. The van der Waals surface area contributed by atoms with Gasteiger partial charge in [0.15, 0.2) is 0 Å². The Morgan fingerprint density at radius 2 is 2.11 bits per heavy atom. The number of halogens is 1. The lowest BCUT2D eigenvalue weighted by Crippen LogP contribution is -2.38. The normalized spacial score (nSPS) is 16.6. The number of carbonyl (C=O) groups is 2. The number of H-pyrrole nitrogens is 1. The topological polar surface area (TPSA) is 87.3 Å². The Bertz CT molecular complexity index is 1030. The summed E-state index contributed by atoms with van der Waals surface area (Å²) in [6, 6.07) is 12.4. The van der Waals surface area contributed by atoms with Crippen LogP contribution in [0.15, 0.2) is 42.5 Å². The smallest absolute Gasteiger partial charge is 0.229 e. The maximum atomic E-state index is 12.4. The first-order chi connectivity index (χ1) is 13.5. The quantitative estimate of drug-likeness (QED) is 0.691. The number of hydrogen-bond donors (Lipinski definition) is 2. The number of methoxy groups -OCH3 is 1. The van der Waals surface area contributed by atoms with Crippen molar-refractivity contribution in [3.63, 3.8) is 0 Å². The zero-order valence-corrected chi connectivity index (χ0v) is 16.0. The average molecular weight is 399 g/mol. The van der Waals surface area contributed by atoms with E-state index in [1.165, 1.54) is 0 Å². The third kappa shape index (κ3) is 3.80. The van der Waals surface area contributed by atoms with Gasteiger partial charge in [-0.3, -0.25) is 9.59 Å². The molecule has 28 heavy (non-hydrogen) atoms. The van der Waals surface area contributed by atoms with E-state index < -0.39 is 0 Å². The largest absolute Gasteiger partial charge is 0.497 e. The first kappa shape index (κ1) is 18.3. The molecule has 7 nitrogen and oxygen atoms in total. The average Bonchev–Trinajstić information content (AvgIpc) is 3.23. The summed E-state index contributed by atoms with van der Waals surface area (Å²) in [6.45, 7) is 0.437. The molecule has 1 aliphatic rings. The number of aromatic amines is 1. The second-order valence-electron chi connectivity index (χ2n) is 6.69. The van der Waals surface area contributed by atoms with Gasteiger partial charge >= 0.3 is 0 Å². The molecule has 1 fully saturated rings. The van der Waals surface area contributed by atoms with Crippen LogP contribution in [-0.2, 0) is 16.0 Å². The van der Waals surface area contributed by atoms with Crippen molar-refractivity contribution in [2.75, 3.05) is 18.6 Å². The van der Waals surface area contributed by atoms with E-state index in [0.29, 0.717) is 17.4 Å². The molecule has 0 spiro atoms. The highest BCUT2D eigenvalue weighted by molar-refractivity contribution is 6.31. The number of hydrogen-bond acceptors (Lipinski definition) is 4. The molecule has 1 unspecified atom stereocenters. The summed E-state index contributed by atoms with van der Waals surface area (Å²) in [5.74, 6) is 1.09. The van der Waals surface area contributed by atoms with Crippen LogP contribution < -0.4 is 15.0 Å². The zero-order valence-electron chi connectivity index (χ0n) is 15.2. The summed E-state index contributed by atoms with van der Waals surface area (Å²) in [7, 11) is 1.60. The number of rotatable bonds is 5. The Morgan fingerprint density at radius 3 is 2.86 bits per heavy atom. The molecule has 2 aromatic carbocycles. The van der Waals surface area contributed by atoms with E-state index in [4.69, 9.17) is 16.3 Å². The Hall–Kier alpha value is -3.06. The van der Waals surface area contributed by atoms with E-state index in [1.54, 1.807) is 30.2 Å². The van der Waals surface area contributed by atoms with Gasteiger partial charge < -0.3 is 19.9 Å². The fraction of sp³-hybridized carbons (Fsp3) is 0.250. The molecule has 0 bridgehead atoms. The van der Waals surface area contributed by atoms with Gasteiger partial charge in [0.25, 0.3) is 0 Å². The van der Waals surface area contributed by atoms with Gasteiger partial charge in [0.1, 0.15) is 11.6 Å². The second kappa shape index (κ2) is 7.52.